The molecule has 2 heterocycles. The maximum Gasteiger partial charge on any atom is 0.276 e. The third-order valence-electron chi connectivity index (χ3n) is 4.52. The van der Waals surface area contributed by atoms with Gasteiger partial charge in [-0.05, 0) is 43.3 Å². The first-order valence-corrected chi connectivity index (χ1v) is 9.33. The minimum atomic E-state index is -0.300. The number of anilines is 2. The summed E-state index contributed by atoms with van der Waals surface area (Å²) in [5.41, 5.74) is 4.69. The first-order valence-electron chi connectivity index (χ1n) is 9.33. The number of carbonyl (C=O) groups excluding carboxylic acids is 2. The molecule has 0 saturated carbocycles. The van der Waals surface area contributed by atoms with Crippen molar-refractivity contribution in [1.82, 2.24) is 20.0 Å². The Balaban J connectivity index is 1.39. The minimum Gasteiger partial charge on any atom is -0.321 e. The van der Waals surface area contributed by atoms with Gasteiger partial charge in [-0.2, -0.15) is 10.2 Å². The molecule has 0 saturated heterocycles. The maximum atomic E-state index is 12.5. The summed E-state index contributed by atoms with van der Waals surface area (Å²) in [6.45, 7) is 2.02. The van der Waals surface area contributed by atoms with Crippen molar-refractivity contribution < 1.29 is 9.59 Å². The van der Waals surface area contributed by atoms with Gasteiger partial charge in [0.1, 0.15) is 5.69 Å². The number of rotatable bonds is 5. The molecular weight excluding hydrogens is 380 g/mol. The fourth-order valence-electron chi connectivity index (χ4n) is 2.88. The van der Waals surface area contributed by atoms with E-state index in [0.29, 0.717) is 28.5 Å². The van der Waals surface area contributed by atoms with Gasteiger partial charge in [-0.25, -0.2) is 0 Å². The van der Waals surface area contributed by atoms with Crippen LogP contribution < -0.4 is 10.6 Å². The number of nitrogens with one attached hydrogen (secondary N) is 3. The van der Waals surface area contributed by atoms with Gasteiger partial charge in [0.25, 0.3) is 11.8 Å². The highest BCUT2D eigenvalue weighted by Gasteiger charge is 2.12. The maximum absolute atomic E-state index is 12.5. The third kappa shape index (κ3) is 4.27. The second-order valence-corrected chi connectivity index (χ2v) is 6.89. The van der Waals surface area contributed by atoms with Crippen LogP contribution in [-0.2, 0) is 7.05 Å². The summed E-state index contributed by atoms with van der Waals surface area (Å²) in [6, 6.07) is 18.1. The second-order valence-electron chi connectivity index (χ2n) is 6.89. The second kappa shape index (κ2) is 8.04. The number of aromatic amines is 1. The lowest BCUT2D eigenvalue weighted by atomic mass is 10.1. The fraction of sp³-hybridized carbons (Fsp3) is 0.0909. The molecular formula is C22H20N6O2. The van der Waals surface area contributed by atoms with Crippen LogP contribution in [0.15, 0.2) is 66.9 Å². The molecule has 2 aromatic heterocycles. The molecule has 0 radical (unpaired) electrons. The zero-order valence-electron chi connectivity index (χ0n) is 16.5. The highest BCUT2D eigenvalue weighted by molar-refractivity contribution is 6.04. The molecule has 0 aliphatic carbocycles. The molecule has 150 valence electrons. The Bertz CT molecular complexity index is 1190. The van der Waals surface area contributed by atoms with Gasteiger partial charge in [0.2, 0.25) is 0 Å². The minimum absolute atomic E-state index is 0.298. The quantitative estimate of drug-likeness (QED) is 0.476. The van der Waals surface area contributed by atoms with Gasteiger partial charge < -0.3 is 10.6 Å². The summed E-state index contributed by atoms with van der Waals surface area (Å²) in [6.07, 6.45) is 1.70. The van der Waals surface area contributed by atoms with E-state index in [2.05, 4.69) is 25.9 Å². The van der Waals surface area contributed by atoms with Crippen LogP contribution in [0.2, 0.25) is 0 Å². The van der Waals surface area contributed by atoms with Gasteiger partial charge in [-0.3, -0.25) is 19.4 Å². The van der Waals surface area contributed by atoms with E-state index in [0.717, 1.165) is 11.1 Å². The van der Waals surface area contributed by atoms with Gasteiger partial charge in [0, 0.05) is 30.2 Å². The third-order valence-corrected chi connectivity index (χ3v) is 4.52. The summed E-state index contributed by atoms with van der Waals surface area (Å²) in [4.78, 5) is 24.6. The molecule has 30 heavy (non-hydrogen) atoms. The van der Waals surface area contributed by atoms with Crippen LogP contribution in [0, 0.1) is 6.92 Å². The number of benzene rings is 2. The van der Waals surface area contributed by atoms with Crippen molar-refractivity contribution in [2.75, 3.05) is 10.6 Å². The van der Waals surface area contributed by atoms with Crippen molar-refractivity contribution in [3.05, 3.63) is 83.8 Å². The largest absolute Gasteiger partial charge is 0.321 e. The van der Waals surface area contributed by atoms with Gasteiger partial charge in [-0.1, -0.05) is 29.8 Å². The predicted molar refractivity (Wildman–Crippen MR) is 114 cm³/mol. The number of aromatic nitrogens is 4. The molecule has 3 N–H and O–H groups in total. The summed E-state index contributed by atoms with van der Waals surface area (Å²) < 4.78 is 1.56. The van der Waals surface area contributed by atoms with Crippen LogP contribution in [0.4, 0.5) is 11.4 Å². The van der Waals surface area contributed by atoms with Gasteiger partial charge >= 0.3 is 0 Å². The number of nitrogens with zero attached hydrogens (tertiary/aromatic N) is 3. The molecule has 0 aliphatic rings. The van der Waals surface area contributed by atoms with E-state index in [1.807, 2.05) is 31.2 Å². The summed E-state index contributed by atoms with van der Waals surface area (Å²) >= 11 is 0. The van der Waals surface area contributed by atoms with Crippen molar-refractivity contribution in [3.8, 4) is 11.3 Å². The Kier molecular flexibility index (Phi) is 5.13. The van der Waals surface area contributed by atoms with E-state index in [1.54, 1.807) is 54.3 Å². The van der Waals surface area contributed by atoms with Crippen LogP contribution in [0.5, 0.6) is 0 Å². The van der Waals surface area contributed by atoms with Crippen LogP contribution in [0.25, 0.3) is 11.3 Å². The van der Waals surface area contributed by atoms with E-state index in [4.69, 9.17) is 0 Å². The van der Waals surface area contributed by atoms with Gasteiger partial charge in [0.05, 0.1) is 5.69 Å². The lowest BCUT2D eigenvalue weighted by Gasteiger charge is -2.06. The zero-order chi connectivity index (χ0) is 21.1. The normalized spacial score (nSPS) is 10.6. The van der Waals surface area contributed by atoms with E-state index < -0.39 is 0 Å². The van der Waals surface area contributed by atoms with Crippen molar-refractivity contribution >= 4 is 23.2 Å². The Morgan fingerprint density at radius 2 is 1.53 bits per heavy atom. The molecule has 4 rings (SSSR count). The smallest absolute Gasteiger partial charge is 0.276 e. The van der Waals surface area contributed by atoms with E-state index in [-0.39, 0.29) is 11.8 Å². The lowest BCUT2D eigenvalue weighted by molar-refractivity contribution is 0.101. The SMILES string of the molecule is Cc1ccc(-c2cc(C(=O)Nc3ccc(NC(=O)c4ccn(C)n4)cc3)[nH]n2)cc1. The summed E-state index contributed by atoms with van der Waals surface area (Å²) in [7, 11) is 1.75. The highest BCUT2D eigenvalue weighted by Crippen LogP contribution is 2.19. The molecule has 0 unspecified atom stereocenters. The van der Waals surface area contributed by atoms with Crippen molar-refractivity contribution in [1.29, 1.82) is 0 Å². The average molecular weight is 400 g/mol. The molecule has 8 heteroatoms. The molecule has 0 fully saturated rings. The van der Waals surface area contributed by atoms with Crippen LogP contribution in [0.3, 0.4) is 0 Å². The molecule has 2 amide bonds. The van der Waals surface area contributed by atoms with E-state index in [9.17, 15) is 9.59 Å². The summed E-state index contributed by atoms with van der Waals surface area (Å²) in [5.74, 6) is -0.598. The standard InChI is InChI=1S/C22H20N6O2/c1-14-3-5-15(6-4-14)19-13-20(26-25-19)22(30)24-17-9-7-16(8-10-17)23-21(29)18-11-12-28(2)27-18/h3-13H,1-2H3,(H,23,29)(H,24,30)(H,25,26). The number of H-pyrrole nitrogens is 1. The number of aryl methyl sites for hydroxylation is 2. The highest BCUT2D eigenvalue weighted by atomic mass is 16.2. The molecule has 0 spiro atoms. The Labute approximate surface area is 172 Å². The van der Waals surface area contributed by atoms with Gasteiger partial charge in [-0.15, -0.1) is 0 Å². The predicted octanol–water partition coefficient (Wildman–Crippen LogP) is 3.62. The molecule has 0 atom stereocenters. The van der Waals surface area contributed by atoms with Crippen molar-refractivity contribution in [3.63, 3.8) is 0 Å². The number of carbonyl (C=O) groups is 2. The number of hydrogen-bond acceptors (Lipinski definition) is 4. The monoisotopic (exact) mass is 400 g/mol. The van der Waals surface area contributed by atoms with Crippen molar-refractivity contribution in [2.24, 2.45) is 7.05 Å². The molecule has 8 nitrogen and oxygen atoms in total. The van der Waals surface area contributed by atoms with Crippen LogP contribution in [-0.4, -0.2) is 31.8 Å². The molecule has 2 aromatic carbocycles. The average Bonchev–Trinajstić information content (AvgIpc) is 3.40. The lowest BCUT2D eigenvalue weighted by Crippen LogP contribution is -2.14. The first kappa shape index (κ1) is 19.1. The molecule has 0 bridgehead atoms. The first-order chi connectivity index (χ1) is 14.5. The van der Waals surface area contributed by atoms with Gasteiger partial charge in [0.15, 0.2) is 5.69 Å². The van der Waals surface area contributed by atoms with E-state index in [1.165, 1.54) is 0 Å². The van der Waals surface area contributed by atoms with E-state index >= 15 is 0 Å². The Morgan fingerprint density at radius 3 is 2.13 bits per heavy atom. The van der Waals surface area contributed by atoms with Crippen LogP contribution in [0.1, 0.15) is 26.5 Å². The fourth-order valence-corrected chi connectivity index (χ4v) is 2.88. The number of hydrogen-bond donors (Lipinski definition) is 3. The summed E-state index contributed by atoms with van der Waals surface area (Å²) in [5, 5.41) is 16.6. The Hall–Kier alpha value is -4.20. The topological polar surface area (TPSA) is 105 Å². The zero-order valence-corrected chi connectivity index (χ0v) is 16.5. The number of amides is 2. The Morgan fingerprint density at radius 1 is 0.900 bits per heavy atom. The van der Waals surface area contributed by atoms with Crippen LogP contribution >= 0.6 is 0 Å². The van der Waals surface area contributed by atoms with Crippen molar-refractivity contribution in [2.45, 2.75) is 6.92 Å². The molecule has 4 aromatic rings. The molecule has 0 aliphatic heterocycles.